The number of carbonyl (C=O) groups excluding carboxylic acids is 1. The van der Waals surface area contributed by atoms with E-state index in [9.17, 15) is 18.0 Å². The topological polar surface area (TPSA) is 41.1 Å². The van der Waals surface area contributed by atoms with Crippen molar-refractivity contribution in [2.45, 2.75) is 32.4 Å². The molecular formula is C15H21F3N2O. The maximum Gasteiger partial charge on any atom is 0.416 e. The Bertz CT molecular complexity index is 460. The summed E-state index contributed by atoms with van der Waals surface area (Å²) in [5, 5.41) is 5.75. The summed E-state index contributed by atoms with van der Waals surface area (Å²) in [6.07, 6.45) is -4.36. The van der Waals surface area contributed by atoms with Gasteiger partial charge in [-0.25, -0.2) is 0 Å². The molecule has 0 aliphatic rings. The van der Waals surface area contributed by atoms with Gasteiger partial charge in [0.25, 0.3) is 0 Å². The van der Waals surface area contributed by atoms with Crippen LogP contribution in [0.1, 0.15) is 37.3 Å². The minimum atomic E-state index is -4.40. The number of rotatable bonds is 7. The quantitative estimate of drug-likeness (QED) is 0.760. The summed E-state index contributed by atoms with van der Waals surface area (Å²) in [7, 11) is 0. The summed E-state index contributed by atoms with van der Waals surface area (Å²) in [6.45, 7) is 5.52. The van der Waals surface area contributed by atoms with Crippen molar-refractivity contribution in [1.29, 1.82) is 0 Å². The molecule has 21 heavy (non-hydrogen) atoms. The third kappa shape index (κ3) is 5.75. The van der Waals surface area contributed by atoms with Crippen molar-refractivity contribution in [3.8, 4) is 0 Å². The zero-order valence-electron chi connectivity index (χ0n) is 12.3. The lowest BCUT2D eigenvalue weighted by molar-refractivity contribution is -0.138. The van der Waals surface area contributed by atoms with E-state index in [1.165, 1.54) is 12.1 Å². The Hall–Kier alpha value is -1.56. The van der Waals surface area contributed by atoms with Crippen LogP contribution in [0.4, 0.5) is 13.2 Å². The molecule has 6 heteroatoms. The maximum absolute atomic E-state index is 12.9. The first-order valence-electron chi connectivity index (χ1n) is 6.99. The third-order valence-electron chi connectivity index (χ3n) is 3.16. The molecule has 118 valence electrons. The van der Waals surface area contributed by atoms with Crippen LogP contribution in [0.15, 0.2) is 24.3 Å². The van der Waals surface area contributed by atoms with E-state index in [0.717, 1.165) is 12.6 Å². The summed E-state index contributed by atoms with van der Waals surface area (Å²) in [5.74, 6) is -0.723. The number of benzene rings is 1. The zero-order chi connectivity index (χ0) is 15.9. The normalized spacial score (nSPS) is 13.0. The molecule has 1 unspecified atom stereocenters. The van der Waals surface area contributed by atoms with E-state index in [0.29, 0.717) is 13.1 Å². The molecule has 0 aromatic heterocycles. The molecule has 2 N–H and O–H groups in total. The zero-order valence-corrected chi connectivity index (χ0v) is 12.3. The van der Waals surface area contributed by atoms with Gasteiger partial charge in [0, 0.05) is 19.5 Å². The van der Waals surface area contributed by atoms with Crippen LogP contribution in [-0.2, 0) is 11.0 Å². The third-order valence-corrected chi connectivity index (χ3v) is 3.16. The number of likely N-dealkylation sites (N-methyl/N-ethyl adjacent to an activating group) is 1. The van der Waals surface area contributed by atoms with Gasteiger partial charge in [0.05, 0.1) is 5.56 Å². The largest absolute Gasteiger partial charge is 0.416 e. The second kappa shape index (κ2) is 8.02. The molecule has 3 nitrogen and oxygen atoms in total. The molecule has 1 aromatic carbocycles. The van der Waals surface area contributed by atoms with Crippen molar-refractivity contribution in [2.75, 3.05) is 19.6 Å². The van der Waals surface area contributed by atoms with Gasteiger partial charge in [-0.1, -0.05) is 32.0 Å². The van der Waals surface area contributed by atoms with E-state index in [-0.39, 0.29) is 17.9 Å². The summed E-state index contributed by atoms with van der Waals surface area (Å²) < 4.78 is 38.8. The predicted octanol–water partition coefficient (Wildman–Crippen LogP) is 2.92. The lowest BCUT2D eigenvalue weighted by Crippen LogP contribution is -2.32. The van der Waals surface area contributed by atoms with Gasteiger partial charge in [-0.3, -0.25) is 4.79 Å². The number of nitrogens with one attached hydrogen (secondary N) is 2. The average molecular weight is 302 g/mol. The Morgan fingerprint density at radius 2 is 1.90 bits per heavy atom. The minimum absolute atomic E-state index is 0.0409. The van der Waals surface area contributed by atoms with Gasteiger partial charge in [-0.2, -0.15) is 13.2 Å². The van der Waals surface area contributed by atoms with E-state index in [1.807, 2.05) is 6.92 Å². The first kappa shape index (κ1) is 17.5. The molecule has 1 amide bonds. The Balaban J connectivity index is 2.64. The van der Waals surface area contributed by atoms with Crippen LogP contribution in [-0.4, -0.2) is 25.5 Å². The SMILES string of the molecule is CCNCCNC(=O)CC(C)c1ccccc1C(F)(F)F. The number of hydrogen-bond donors (Lipinski definition) is 2. The number of alkyl halides is 3. The van der Waals surface area contributed by atoms with Crippen molar-refractivity contribution in [3.05, 3.63) is 35.4 Å². The second-order valence-corrected chi connectivity index (χ2v) is 4.89. The van der Waals surface area contributed by atoms with Crippen molar-refractivity contribution in [3.63, 3.8) is 0 Å². The fourth-order valence-electron chi connectivity index (χ4n) is 2.11. The number of halogens is 3. The number of amides is 1. The predicted molar refractivity (Wildman–Crippen MR) is 76.0 cm³/mol. The monoisotopic (exact) mass is 302 g/mol. The Morgan fingerprint density at radius 1 is 1.24 bits per heavy atom. The molecule has 0 aliphatic carbocycles. The lowest BCUT2D eigenvalue weighted by Gasteiger charge is -2.18. The van der Waals surface area contributed by atoms with Crippen LogP contribution >= 0.6 is 0 Å². The van der Waals surface area contributed by atoms with Crippen LogP contribution in [0.5, 0.6) is 0 Å². The average Bonchev–Trinajstić information content (AvgIpc) is 2.42. The lowest BCUT2D eigenvalue weighted by atomic mass is 9.92. The fraction of sp³-hybridized carbons (Fsp3) is 0.533. The Kier molecular flexibility index (Phi) is 6.68. The van der Waals surface area contributed by atoms with Gasteiger partial charge in [0.15, 0.2) is 0 Å². The van der Waals surface area contributed by atoms with Crippen LogP contribution in [0, 0.1) is 0 Å². The number of hydrogen-bond acceptors (Lipinski definition) is 2. The second-order valence-electron chi connectivity index (χ2n) is 4.89. The summed E-state index contributed by atoms with van der Waals surface area (Å²) in [5.41, 5.74) is -0.509. The van der Waals surface area contributed by atoms with Crippen molar-refractivity contribution in [2.24, 2.45) is 0 Å². The molecular weight excluding hydrogens is 281 g/mol. The molecule has 1 atom stereocenters. The van der Waals surface area contributed by atoms with Gasteiger partial charge in [0.2, 0.25) is 5.91 Å². The molecule has 0 heterocycles. The molecule has 0 spiro atoms. The molecule has 1 rings (SSSR count). The Morgan fingerprint density at radius 3 is 2.52 bits per heavy atom. The molecule has 0 radical (unpaired) electrons. The summed E-state index contributed by atoms with van der Waals surface area (Å²) in [6, 6.07) is 5.40. The van der Waals surface area contributed by atoms with Gasteiger partial charge in [0.1, 0.15) is 0 Å². The first-order valence-corrected chi connectivity index (χ1v) is 6.99. The highest BCUT2D eigenvalue weighted by Crippen LogP contribution is 2.35. The van der Waals surface area contributed by atoms with E-state index in [4.69, 9.17) is 0 Å². The molecule has 0 bridgehead atoms. The number of carbonyl (C=O) groups is 1. The van der Waals surface area contributed by atoms with E-state index < -0.39 is 17.7 Å². The van der Waals surface area contributed by atoms with Crippen molar-refractivity contribution >= 4 is 5.91 Å². The fourth-order valence-corrected chi connectivity index (χ4v) is 2.11. The standard InChI is InChI=1S/C15H21F3N2O/c1-3-19-8-9-20-14(21)10-11(2)12-6-4-5-7-13(12)15(16,17)18/h4-7,11,19H,3,8-10H2,1-2H3,(H,20,21). The highest BCUT2D eigenvalue weighted by atomic mass is 19.4. The summed E-state index contributed by atoms with van der Waals surface area (Å²) >= 11 is 0. The Labute approximate surface area is 122 Å². The van der Waals surface area contributed by atoms with Crippen molar-refractivity contribution in [1.82, 2.24) is 10.6 Å². The molecule has 0 aliphatic heterocycles. The molecule has 0 saturated heterocycles. The smallest absolute Gasteiger partial charge is 0.355 e. The van der Waals surface area contributed by atoms with Crippen LogP contribution in [0.3, 0.4) is 0 Å². The minimum Gasteiger partial charge on any atom is -0.355 e. The van der Waals surface area contributed by atoms with Crippen LogP contribution in [0.2, 0.25) is 0 Å². The van der Waals surface area contributed by atoms with Gasteiger partial charge in [-0.05, 0) is 24.1 Å². The first-order chi connectivity index (χ1) is 9.86. The van der Waals surface area contributed by atoms with Crippen LogP contribution < -0.4 is 10.6 Å². The highest BCUT2D eigenvalue weighted by Gasteiger charge is 2.34. The molecule has 0 fully saturated rings. The summed E-state index contributed by atoms with van der Waals surface area (Å²) in [4.78, 5) is 11.7. The van der Waals surface area contributed by atoms with Crippen molar-refractivity contribution < 1.29 is 18.0 Å². The van der Waals surface area contributed by atoms with Gasteiger partial charge < -0.3 is 10.6 Å². The van der Waals surface area contributed by atoms with Crippen LogP contribution in [0.25, 0.3) is 0 Å². The highest BCUT2D eigenvalue weighted by molar-refractivity contribution is 5.76. The van der Waals surface area contributed by atoms with E-state index >= 15 is 0 Å². The molecule has 0 saturated carbocycles. The van der Waals surface area contributed by atoms with E-state index in [1.54, 1.807) is 13.0 Å². The van der Waals surface area contributed by atoms with Gasteiger partial charge in [-0.15, -0.1) is 0 Å². The van der Waals surface area contributed by atoms with E-state index in [2.05, 4.69) is 10.6 Å². The molecule has 1 aromatic rings. The van der Waals surface area contributed by atoms with Gasteiger partial charge >= 0.3 is 6.18 Å². The maximum atomic E-state index is 12.9.